The van der Waals surface area contributed by atoms with E-state index in [2.05, 4.69) is 15.3 Å². The van der Waals surface area contributed by atoms with Crippen LogP contribution in [0.15, 0.2) is 73.1 Å². The largest absolute Gasteiger partial charge is 0.385 e. The number of rotatable bonds is 9. The third-order valence-corrected chi connectivity index (χ3v) is 4.20. The van der Waals surface area contributed by atoms with Crippen molar-refractivity contribution in [3.05, 3.63) is 84.2 Å². The van der Waals surface area contributed by atoms with Crippen LogP contribution < -0.4 is 10.2 Å². The highest BCUT2D eigenvalue weighted by atomic mass is 16.5. The fourth-order valence-electron chi connectivity index (χ4n) is 2.76. The molecule has 0 aliphatic rings. The van der Waals surface area contributed by atoms with Gasteiger partial charge in [-0.3, -0.25) is 4.79 Å². The van der Waals surface area contributed by atoms with E-state index in [0.717, 1.165) is 17.7 Å². The molecule has 0 aliphatic carbocycles. The molecule has 0 aliphatic heterocycles. The molecule has 1 aromatic heterocycles. The zero-order chi connectivity index (χ0) is 19.6. The van der Waals surface area contributed by atoms with Gasteiger partial charge in [-0.2, -0.15) is 0 Å². The molecule has 0 unspecified atom stereocenters. The SMILES string of the molecule is COCCCNc1ncc(C(=O)N(Cc2ccccc2)c2ccccc2)cn1. The third-order valence-electron chi connectivity index (χ3n) is 4.20. The molecule has 6 nitrogen and oxygen atoms in total. The van der Waals surface area contributed by atoms with Crippen molar-refractivity contribution < 1.29 is 9.53 Å². The second-order valence-electron chi connectivity index (χ2n) is 6.28. The topological polar surface area (TPSA) is 67.3 Å². The van der Waals surface area contributed by atoms with Gasteiger partial charge in [0.1, 0.15) is 0 Å². The monoisotopic (exact) mass is 376 g/mol. The third kappa shape index (κ3) is 5.37. The van der Waals surface area contributed by atoms with E-state index in [4.69, 9.17) is 4.74 Å². The van der Waals surface area contributed by atoms with Crippen molar-refractivity contribution in [3.63, 3.8) is 0 Å². The summed E-state index contributed by atoms with van der Waals surface area (Å²) in [6.45, 7) is 1.86. The molecule has 1 amide bonds. The summed E-state index contributed by atoms with van der Waals surface area (Å²) >= 11 is 0. The maximum atomic E-state index is 13.2. The molecule has 3 rings (SSSR count). The number of carbonyl (C=O) groups is 1. The van der Waals surface area contributed by atoms with Crippen LogP contribution in [0.5, 0.6) is 0 Å². The van der Waals surface area contributed by atoms with E-state index < -0.39 is 0 Å². The van der Waals surface area contributed by atoms with Gasteiger partial charge in [-0.05, 0) is 24.1 Å². The minimum absolute atomic E-state index is 0.138. The van der Waals surface area contributed by atoms with Crippen molar-refractivity contribution in [3.8, 4) is 0 Å². The lowest BCUT2D eigenvalue weighted by Gasteiger charge is -2.23. The average Bonchev–Trinajstić information content (AvgIpc) is 2.76. The van der Waals surface area contributed by atoms with Gasteiger partial charge in [0.05, 0.1) is 12.1 Å². The summed E-state index contributed by atoms with van der Waals surface area (Å²) in [6.07, 6.45) is 3.99. The van der Waals surface area contributed by atoms with Crippen molar-refractivity contribution in [2.75, 3.05) is 30.5 Å². The molecule has 0 spiro atoms. The Morgan fingerprint density at radius 3 is 2.29 bits per heavy atom. The zero-order valence-corrected chi connectivity index (χ0v) is 15.9. The number of benzene rings is 2. The fraction of sp³-hybridized carbons (Fsp3) is 0.227. The number of hydrogen-bond donors (Lipinski definition) is 1. The number of nitrogens with zero attached hydrogens (tertiary/aromatic N) is 3. The van der Waals surface area contributed by atoms with E-state index in [1.165, 1.54) is 0 Å². The van der Waals surface area contributed by atoms with Gasteiger partial charge in [0.15, 0.2) is 0 Å². The standard InChI is InChI=1S/C22H24N4O2/c1-28-14-8-13-23-22-24-15-19(16-25-22)21(27)26(20-11-6-3-7-12-20)17-18-9-4-2-5-10-18/h2-7,9-12,15-16H,8,13-14,17H2,1H3,(H,23,24,25). The van der Waals surface area contributed by atoms with Crippen molar-refractivity contribution >= 4 is 17.5 Å². The number of anilines is 2. The normalized spacial score (nSPS) is 10.5. The molecule has 3 aromatic rings. The summed E-state index contributed by atoms with van der Waals surface area (Å²) in [5, 5.41) is 3.12. The molecule has 0 bridgehead atoms. The lowest BCUT2D eigenvalue weighted by Crippen LogP contribution is -2.30. The molecule has 0 saturated carbocycles. The zero-order valence-electron chi connectivity index (χ0n) is 15.9. The minimum atomic E-state index is -0.138. The summed E-state index contributed by atoms with van der Waals surface area (Å²) in [6, 6.07) is 19.5. The van der Waals surface area contributed by atoms with Crippen molar-refractivity contribution in [2.24, 2.45) is 0 Å². The van der Waals surface area contributed by atoms with Crippen LogP contribution in [0.3, 0.4) is 0 Å². The van der Waals surface area contributed by atoms with Crippen LogP contribution >= 0.6 is 0 Å². The first-order chi connectivity index (χ1) is 13.8. The molecule has 6 heteroatoms. The molecule has 28 heavy (non-hydrogen) atoms. The average molecular weight is 376 g/mol. The number of ether oxygens (including phenoxy) is 1. The molecule has 0 saturated heterocycles. The molecule has 0 fully saturated rings. The Balaban J connectivity index is 1.75. The number of hydrogen-bond acceptors (Lipinski definition) is 5. The molecule has 0 radical (unpaired) electrons. The lowest BCUT2D eigenvalue weighted by atomic mass is 10.1. The highest BCUT2D eigenvalue weighted by Crippen LogP contribution is 2.19. The van der Waals surface area contributed by atoms with Crippen LogP contribution in [0.25, 0.3) is 0 Å². The maximum Gasteiger partial charge on any atom is 0.261 e. The highest BCUT2D eigenvalue weighted by molar-refractivity contribution is 6.05. The summed E-state index contributed by atoms with van der Waals surface area (Å²) < 4.78 is 5.02. The van der Waals surface area contributed by atoms with Crippen LogP contribution in [-0.4, -0.2) is 36.1 Å². The van der Waals surface area contributed by atoms with Gasteiger partial charge in [-0.25, -0.2) is 9.97 Å². The fourth-order valence-corrected chi connectivity index (χ4v) is 2.76. The summed E-state index contributed by atoms with van der Waals surface area (Å²) in [4.78, 5) is 23.4. The number of methoxy groups -OCH3 is 1. The first kappa shape index (κ1) is 19.5. The lowest BCUT2D eigenvalue weighted by molar-refractivity contribution is 0.0984. The summed E-state index contributed by atoms with van der Waals surface area (Å²) in [7, 11) is 1.67. The van der Waals surface area contributed by atoms with Crippen LogP contribution in [-0.2, 0) is 11.3 Å². The Kier molecular flexibility index (Phi) is 7.09. The van der Waals surface area contributed by atoms with E-state index >= 15 is 0 Å². The number of para-hydroxylation sites is 1. The number of carbonyl (C=O) groups excluding carboxylic acids is 1. The highest BCUT2D eigenvalue weighted by Gasteiger charge is 2.19. The molecule has 0 atom stereocenters. The van der Waals surface area contributed by atoms with Crippen molar-refractivity contribution in [2.45, 2.75) is 13.0 Å². The Morgan fingerprint density at radius 1 is 1.00 bits per heavy atom. The Labute approximate surface area is 165 Å². The predicted octanol–water partition coefficient (Wildman–Crippen LogP) is 3.77. The van der Waals surface area contributed by atoms with Gasteiger partial charge < -0.3 is 15.0 Å². The van der Waals surface area contributed by atoms with Gasteiger partial charge in [-0.1, -0.05) is 48.5 Å². The molecule has 1 N–H and O–H groups in total. The number of nitrogens with one attached hydrogen (secondary N) is 1. The second kappa shape index (κ2) is 10.2. The molecule has 2 aromatic carbocycles. The van der Waals surface area contributed by atoms with Gasteiger partial charge in [0.2, 0.25) is 5.95 Å². The predicted molar refractivity (Wildman–Crippen MR) is 110 cm³/mol. The van der Waals surface area contributed by atoms with E-state index in [1.807, 2.05) is 60.7 Å². The van der Waals surface area contributed by atoms with Crippen LogP contribution in [0.2, 0.25) is 0 Å². The van der Waals surface area contributed by atoms with E-state index in [1.54, 1.807) is 24.4 Å². The Bertz CT molecular complexity index is 855. The van der Waals surface area contributed by atoms with Crippen molar-refractivity contribution in [1.82, 2.24) is 9.97 Å². The molecular weight excluding hydrogens is 352 g/mol. The van der Waals surface area contributed by atoms with Gasteiger partial charge >= 0.3 is 0 Å². The van der Waals surface area contributed by atoms with Crippen LogP contribution in [0, 0.1) is 0 Å². The quantitative estimate of drug-likeness (QED) is 0.576. The first-order valence-corrected chi connectivity index (χ1v) is 9.23. The van der Waals surface area contributed by atoms with Crippen LogP contribution in [0.1, 0.15) is 22.3 Å². The Hall–Kier alpha value is -3.25. The summed E-state index contributed by atoms with van der Waals surface area (Å²) in [5.74, 6) is 0.364. The molecular formula is C22H24N4O2. The van der Waals surface area contributed by atoms with Gasteiger partial charge in [-0.15, -0.1) is 0 Å². The van der Waals surface area contributed by atoms with Crippen molar-refractivity contribution in [1.29, 1.82) is 0 Å². The second-order valence-corrected chi connectivity index (χ2v) is 6.28. The number of aromatic nitrogens is 2. The van der Waals surface area contributed by atoms with Gasteiger partial charge in [0.25, 0.3) is 5.91 Å². The number of amides is 1. The molecule has 144 valence electrons. The van der Waals surface area contributed by atoms with E-state index in [0.29, 0.717) is 31.2 Å². The van der Waals surface area contributed by atoms with Gasteiger partial charge in [0, 0.05) is 38.3 Å². The Morgan fingerprint density at radius 2 is 1.64 bits per heavy atom. The maximum absolute atomic E-state index is 13.2. The smallest absolute Gasteiger partial charge is 0.261 e. The molecule has 1 heterocycles. The minimum Gasteiger partial charge on any atom is -0.385 e. The summed E-state index contributed by atoms with van der Waals surface area (Å²) in [5.41, 5.74) is 2.33. The van der Waals surface area contributed by atoms with Crippen LogP contribution in [0.4, 0.5) is 11.6 Å². The van der Waals surface area contributed by atoms with E-state index in [9.17, 15) is 4.79 Å². The first-order valence-electron chi connectivity index (χ1n) is 9.23. The van der Waals surface area contributed by atoms with E-state index in [-0.39, 0.29) is 5.91 Å².